The summed E-state index contributed by atoms with van der Waals surface area (Å²) in [5.74, 6) is 0.142. The van der Waals surface area contributed by atoms with Crippen LogP contribution in [0.2, 0.25) is 0 Å². The maximum absolute atomic E-state index is 13.2. The van der Waals surface area contributed by atoms with Crippen LogP contribution in [-0.2, 0) is 11.8 Å². The molecule has 1 N–H and O–H groups in total. The summed E-state index contributed by atoms with van der Waals surface area (Å²) >= 11 is 0. The molecule has 2 aromatic heterocycles. The monoisotopic (exact) mass is 357 g/mol. The maximum atomic E-state index is 13.2. The predicted octanol–water partition coefficient (Wildman–Crippen LogP) is 2.14. The van der Waals surface area contributed by atoms with Gasteiger partial charge >= 0.3 is 0 Å². The van der Waals surface area contributed by atoms with Crippen LogP contribution >= 0.6 is 0 Å². The van der Waals surface area contributed by atoms with E-state index in [1.54, 1.807) is 9.58 Å². The van der Waals surface area contributed by atoms with Crippen molar-refractivity contribution in [2.75, 3.05) is 13.1 Å². The predicted molar refractivity (Wildman–Crippen MR) is 100 cm³/mol. The molecular formula is C19H27N5O2. The van der Waals surface area contributed by atoms with Crippen LogP contribution in [0.1, 0.15) is 61.3 Å². The Morgan fingerprint density at radius 3 is 2.65 bits per heavy atom. The molecule has 0 aliphatic heterocycles. The van der Waals surface area contributed by atoms with Crippen LogP contribution in [0.4, 0.5) is 0 Å². The molecule has 1 aliphatic rings. The molecule has 2 amide bonds. The topological polar surface area (TPSA) is 80.1 Å². The van der Waals surface area contributed by atoms with E-state index in [9.17, 15) is 9.59 Å². The third-order valence-electron chi connectivity index (χ3n) is 4.67. The lowest BCUT2D eigenvalue weighted by atomic mass is 10.1. The summed E-state index contributed by atoms with van der Waals surface area (Å²) in [6.45, 7) is 8.10. The Bertz CT molecular complexity index is 851. The molecule has 1 aliphatic carbocycles. The first-order valence-electron chi connectivity index (χ1n) is 9.24. The number of likely N-dealkylation sites (N-methyl/N-ethyl adjacent to an activating group) is 1. The standard InChI is InChI=1S/C19H27N5O2/c1-6-24(10-16(25)20-11(2)3)19(26)14-9-15(13-7-8-13)21-18-17(14)12(4)22-23(18)5/h9,11,13H,6-8,10H2,1-5H3,(H,20,25). The molecule has 1 fully saturated rings. The lowest BCUT2D eigenvalue weighted by Crippen LogP contribution is -2.42. The number of hydrogen-bond donors (Lipinski definition) is 1. The third-order valence-corrected chi connectivity index (χ3v) is 4.67. The second kappa shape index (κ2) is 7.05. The molecule has 7 nitrogen and oxygen atoms in total. The van der Waals surface area contributed by atoms with Gasteiger partial charge in [0, 0.05) is 31.2 Å². The van der Waals surface area contributed by atoms with Gasteiger partial charge in [0.05, 0.1) is 23.2 Å². The van der Waals surface area contributed by atoms with Gasteiger partial charge in [-0.25, -0.2) is 4.98 Å². The Labute approximate surface area is 153 Å². The second-order valence-electron chi connectivity index (χ2n) is 7.32. The highest BCUT2D eigenvalue weighted by atomic mass is 16.2. The van der Waals surface area contributed by atoms with Gasteiger partial charge in [-0.3, -0.25) is 14.3 Å². The first kappa shape index (κ1) is 18.4. The van der Waals surface area contributed by atoms with Crippen molar-refractivity contribution in [3.05, 3.63) is 23.0 Å². The zero-order valence-electron chi connectivity index (χ0n) is 16.2. The normalized spacial score (nSPS) is 14.1. The molecule has 0 atom stereocenters. The first-order chi connectivity index (χ1) is 12.3. The highest BCUT2D eigenvalue weighted by Crippen LogP contribution is 2.40. The van der Waals surface area contributed by atoms with Crippen molar-refractivity contribution in [1.82, 2.24) is 25.0 Å². The molecule has 3 rings (SSSR count). The third kappa shape index (κ3) is 3.57. The molecule has 140 valence electrons. The Balaban J connectivity index is 1.99. The van der Waals surface area contributed by atoms with Crippen LogP contribution in [0.25, 0.3) is 11.0 Å². The van der Waals surface area contributed by atoms with E-state index >= 15 is 0 Å². The highest BCUT2D eigenvalue weighted by Gasteiger charge is 2.29. The summed E-state index contributed by atoms with van der Waals surface area (Å²) in [5.41, 5.74) is 3.06. The number of amides is 2. The van der Waals surface area contributed by atoms with Gasteiger partial charge in [0.15, 0.2) is 5.65 Å². The quantitative estimate of drug-likeness (QED) is 0.859. The number of aryl methyl sites for hydroxylation is 2. The fourth-order valence-electron chi connectivity index (χ4n) is 3.26. The minimum Gasteiger partial charge on any atom is -0.352 e. The number of rotatable bonds is 6. The van der Waals surface area contributed by atoms with Gasteiger partial charge in [-0.2, -0.15) is 5.10 Å². The molecule has 7 heteroatoms. The molecule has 0 spiro atoms. The largest absolute Gasteiger partial charge is 0.352 e. The Hall–Kier alpha value is -2.44. The SMILES string of the molecule is CCN(CC(=O)NC(C)C)C(=O)c1cc(C2CC2)nc2c1c(C)nn2C. The summed E-state index contributed by atoms with van der Waals surface area (Å²) in [5, 5.41) is 8.07. The van der Waals surface area contributed by atoms with Crippen molar-refractivity contribution in [1.29, 1.82) is 0 Å². The van der Waals surface area contributed by atoms with Crippen molar-refractivity contribution < 1.29 is 9.59 Å². The minimum atomic E-state index is -0.147. The molecule has 26 heavy (non-hydrogen) atoms. The highest BCUT2D eigenvalue weighted by molar-refractivity contribution is 6.07. The van der Waals surface area contributed by atoms with Gasteiger partial charge < -0.3 is 10.2 Å². The summed E-state index contributed by atoms with van der Waals surface area (Å²) in [4.78, 5) is 31.7. The molecule has 0 saturated heterocycles. The van der Waals surface area contributed by atoms with Crippen molar-refractivity contribution in [2.45, 2.75) is 52.5 Å². The lowest BCUT2D eigenvalue weighted by Gasteiger charge is -2.22. The van der Waals surface area contributed by atoms with E-state index in [1.165, 1.54) is 0 Å². The minimum absolute atomic E-state index is 0.0472. The van der Waals surface area contributed by atoms with Gasteiger partial charge in [0.2, 0.25) is 5.91 Å². The Morgan fingerprint density at radius 1 is 1.38 bits per heavy atom. The number of aromatic nitrogens is 3. The van der Waals surface area contributed by atoms with Crippen LogP contribution < -0.4 is 5.32 Å². The van der Waals surface area contributed by atoms with Crippen molar-refractivity contribution in [2.24, 2.45) is 7.05 Å². The summed E-state index contributed by atoms with van der Waals surface area (Å²) in [6.07, 6.45) is 2.22. The van der Waals surface area contributed by atoms with E-state index in [4.69, 9.17) is 4.98 Å². The Morgan fingerprint density at radius 2 is 2.08 bits per heavy atom. The fraction of sp³-hybridized carbons (Fsp3) is 0.579. The molecule has 0 radical (unpaired) electrons. The number of carbonyl (C=O) groups is 2. The molecule has 1 saturated carbocycles. The molecule has 2 aromatic rings. The van der Waals surface area contributed by atoms with Gasteiger partial charge in [-0.1, -0.05) is 0 Å². The maximum Gasteiger partial charge on any atom is 0.255 e. The fourth-order valence-corrected chi connectivity index (χ4v) is 3.26. The van der Waals surface area contributed by atoms with E-state index in [0.29, 0.717) is 18.0 Å². The van der Waals surface area contributed by atoms with Crippen LogP contribution in [0.3, 0.4) is 0 Å². The van der Waals surface area contributed by atoms with Gasteiger partial charge in [0.1, 0.15) is 0 Å². The molecule has 0 aromatic carbocycles. The van der Waals surface area contributed by atoms with E-state index < -0.39 is 0 Å². The molecule has 0 unspecified atom stereocenters. The average Bonchev–Trinajstić information content (AvgIpc) is 3.38. The lowest BCUT2D eigenvalue weighted by molar-refractivity contribution is -0.122. The molecule has 0 bridgehead atoms. The van der Waals surface area contributed by atoms with Crippen molar-refractivity contribution in [3.8, 4) is 0 Å². The van der Waals surface area contributed by atoms with Crippen LogP contribution in [0, 0.1) is 6.92 Å². The van der Waals surface area contributed by atoms with Gasteiger partial charge in [-0.05, 0) is 46.6 Å². The van der Waals surface area contributed by atoms with E-state index in [-0.39, 0.29) is 24.4 Å². The van der Waals surface area contributed by atoms with Crippen LogP contribution in [0.5, 0.6) is 0 Å². The summed E-state index contributed by atoms with van der Waals surface area (Å²) in [6, 6.07) is 1.95. The summed E-state index contributed by atoms with van der Waals surface area (Å²) in [7, 11) is 1.85. The smallest absolute Gasteiger partial charge is 0.255 e. The number of nitrogens with one attached hydrogen (secondary N) is 1. The van der Waals surface area contributed by atoms with E-state index in [1.807, 2.05) is 40.8 Å². The number of fused-ring (bicyclic) bond motifs is 1. The van der Waals surface area contributed by atoms with Crippen molar-refractivity contribution >= 4 is 22.8 Å². The number of hydrogen-bond acceptors (Lipinski definition) is 4. The zero-order valence-corrected chi connectivity index (χ0v) is 16.2. The van der Waals surface area contributed by atoms with Crippen LogP contribution in [-0.4, -0.2) is 50.6 Å². The Kier molecular flexibility index (Phi) is 4.98. The molecular weight excluding hydrogens is 330 g/mol. The second-order valence-corrected chi connectivity index (χ2v) is 7.32. The van der Waals surface area contributed by atoms with E-state index in [2.05, 4.69) is 10.4 Å². The first-order valence-corrected chi connectivity index (χ1v) is 9.24. The average molecular weight is 357 g/mol. The summed E-state index contributed by atoms with van der Waals surface area (Å²) < 4.78 is 1.73. The number of nitrogens with zero attached hydrogens (tertiary/aromatic N) is 4. The van der Waals surface area contributed by atoms with Crippen LogP contribution in [0.15, 0.2) is 6.07 Å². The van der Waals surface area contributed by atoms with Gasteiger partial charge in [0.25, 0.3) is 5.91 Å². The van der Waals surface area contributed by atoms with Crippen molar-refractivity contribution in [3.63, 3.8) is 0 Å². The van der Waals surface area contributed by atoms with Gasteiger partial charge in [-0.15, -0.1) is 0 Å². The molecule has 2 heterocycles. The van der Waals surface area contributed by atoms with E-state index in [0.717, 1.165) is 35.3 Å². The number of carbonyl (C=O) groups excluding carboxylic acids is 2. The zero-order chi connectivity index (χ0) is 19.0. The number of pyridine rings is 1.